The Balaban J connectivity index is 0.000000594. The molecule has 0 amide bonds. The molecule has 1 aliphatic rings. The zero-order valence-electron chi connectivity index (χ0n) is 14.9. The van der Waals surface area contributed by atoms with Gasteiger partial charge >= 0.3 is 0 Å². The quantitative estimate of drug-likeness (QED) is 0.641. The smallest absolute Gasteiger partial charge is 0.156 e. The maximum atomic E-state index is 8.08. The molecule has 0 bridgehead atoms. The molecule has 1 saturated heterocycles. The summed E-state index contributed by atoms with van der Waals surface area (Å²) in [7, 11) is 0. The summed E-state index contributed by atoms with van der Waals surface area (Å²) in [6, 6.07) is 10.2. The number of hydrogen-bond acceptors (Lipinski definition) is 4. The molecule has 2 N–H and O–H groups in total. The van der Waals surface area contributed by atoms with Gasteiger partial charge in [-0.3, -0.25) is 0 Å². The highest BCUT2D eigenvalue weighted by molar-refractivity contribution is 5.13. The van der Waals surface area contributed by atoms with Gasteiger partial charge in [-0.05, 0) is 32.3 Å². The van der Waals surface area contributed by atoms with Gasteiger partial charge in [0.25, 0.3) is 0 Å². The van der Waals surface area contributed by atoms with Gasteiger partial charge in [0.2, 0.25) is 0 Å². The summed E-state index contributed by atoms with van der Waals surface area (Å²) in [5, 5.41) is 16.2. The average Bonchev–Trinajstić information content (AvgIpc) is 2.98. The average molecular weight is 324 g/mol. The van der Waals surface area contributed by atoms with Crippen LogP contribution in [-0.4, -0.2) is 34.8 Å². The predicted octanol–water partition coefficient (Wildman–Crippen LogP) is 3.67. The second-order valence-corrected chi connectivity index (χ2v) is 5.69. The Labute approximate surface area is 140 Å². The minimum atomic E-state index is -1.50. The Kier molecular flexibility index (Phi) is 10.8. The van der Waals surface area contributed by atoms with Crippen LogP contribution in [0, 0.1) is 0 Å². The summed E-state index contributed by atoms with van der Waals surface area (Å²) in [5.74, 6) is -1.50. The van der Waals surface area contributed by atoms with Gasteiger partial charge in [0, 0.05) is 6.61 Å². The van der Waals surface area contributed by atoms with Crippen molar-refractivity contribution in [3.05, 3.63) is 48.6 Å². The molecule has 2 rings (SSSR count). The molecule has 0 spiro atoms. The van der Waals surface area contributed by atoms with Crippen LogP contribution in [0.15, 0.2) is 43.0 Å². The van der Waals surface area contributed by atoms with Crippen LogP contribution < -0.4 is 0 Å². The minimum Gasteiger partial charge on any atom is -0.373 e. The van der Waals surface area contributed by atoms with Gasteiger partial charge in [-0.1, -0.05) is 50.3 Å². The lowest BCUT2D eigenvalue weighted by Crippen LogP contribution is -2.30. The lowest BCUT2D eigenvalue weighted by Gasteiger charge is -2.23. The molecule has 1 aromatic rings. The van der Waals surface area contributed by atoms with E-state index in [4.69, 9.17) is 19.7 Å². The van der Waals surface area contributed by atoms with E-state index >= 15 is 0 Å². The summed E-state index contributed by atoms with van der Waals surface area (Å²) < 4.78 is 11.4. The Morgan fingerprint density at radius 3 is 2.26 bits per heavy atom. The molecule has 1 unspecified atom stereocenters. The van der Waals surface area contributed by atoms with Crippen LogP contribution in [0.3, 0.4) is 0 Å². The molecule has 0 aliphatic carbocycles. The van der Waals surface area contributed by atoms with E-state index in [0.717, 1.165) is 19.4 Å². The van der Waals surface area contributed by atoms with Crippen molar-refractivity contribution in [1.82, 2.24) is 0 Å². The zero-order chi connectivity index (χ0) is 17.8. The first-order valence-corrected chi connectivity index (χ1v) is 8.19. The molecule has 0 saturated carbocycles. The Hall–Kier alpha value is -1.20. The number of hydrogen-bond donors (Lipinski definition) is 2. The molecule has 0 aromatic heterocycles. The van der Waals surface area contributed by atoms with Crippen LogP contribution in [-0.2, 0) is 16.1 Å². The first-order chi connectivity index (χ1) is 10.8. The van der Waals surface area contributed by atoms with Crippen LogP contribution in [0.4, 0.5) is 0 Å². The van der Waals surface area contributed by atoms with Crippen molar-refractivity contribution in [1.29, 1.82) is 0 Å². The second kappa shape index (κ2) is 11.4. The monoisotopic (exact) mass is 324 g/mol. The zero-order valence-corrected chi connectivity index (χ0v) is 14.9. The molecule has 4 heteroatoms. The number of ether oxygens (including phenoxy) is 2. The normalized spacial score (nSPS) is 19.9. The Bertz CT molecular complexity index is 397. The SMILES string of the molecule is C=CC1(COCc2ccccc2)CCCO1.CC.CC(C)(O)O. The predicted molar refractivity (Wildman–Crippen MR) is 94.1 cm³/mol. The van der Waals surface area contributed by atoms with Gasteiger partial charge < -0.3 is 19.7 Å². The first-order valence-electron chi connectivity index (χ1n) is 8.19. The molecule has 0 radical (unpaired) electrons. The summed E-state index contributed by atoms with van der Waals surface area (Å²) in [5.41, 5.74) is 0.953. The number of aliphatic hydroxyl groups is 2. The summed E-state index contributed by atoms with van der Waals surface area (Å²) >= 11 is 0. The highest BCUT2D eigenvalue weighted by Gasteiger charge is 2.31. The maximum Gasteiger partial charge on any atom is 0.156 e. The Morgan fingerprint density at radius 1 is 1.26 bits per heavy atom. The lowest BCUT2D eigenvalue weighted by molar-refractivity contribution is -0.127. The molecule has 1 heterocycles. The summed E-state index contributed by atoms with van der Waals surface area (Å²) in [4.78, 5) is 0. The van der Waals surface area contributed by atoms with E-state index in [1.54, 1.807) is 0 Å². The highest BCUT2D eigenvalue weighted by Crippen LogP contribution is 2.27. The largest absolute Gasteiger partial charge is 0.373 e. The highest BCUT2D eigenvalue weighted by atomic mass is 16.5. The minimum absolute atomic E-state index is 0.241. The van der Waals surface area contributed by atoms with Gasteiger partial charge in [0.15, 0.2) is 5.79 Å². The van der Waals surface area contributed by atoms with E-state index in [0.29, 0.717) is 13.2 Å². The molecule has 1 aliphatic heterocycles. The maximum absolute atomic E-state index is 8.08. The van der Waals surface area contributed by atoms with Crippen LogP contribution in [0.1, 0.15) is 46.1 Å². The fourth-order valence-electron chi connectivity index (χ4n) is 1.97. The van der Waals surface area contributed by atoms with E-state index in [9.17, 15) is 0 Å². The molecular weight excluding hydrogens is 292 g/mol. The van der Waals surface area contributed by atoms with Crippen LogP contribution >= 0.6 is 0 Å². The molecular formula is C19H32O4. The van der Waals surface area contributed by atoms with Gasteiger partial charge in [-0.2, -0.15) is 0 Å². The molecule has 132 valence electrons. The van der Waals surface area contributed by atoms with Crippen molar-refractivity contribution >= 4 is 0 Å². The van der Waals surface area contributed by atoms with E-state index in [1.165, 1.54) is 19.4 Å². The van der Waals surface area contributed by atoms with Crippen molar-refractivity contribution in [3.63, 3.8) is 0 Å². The van der Waals surface area contributed by atoms with Crippen LogP contribution in [0.25, 0.3) is 0 Å². The molecule has 4 nitrogen and oxygen atoms in total. The fraction of sp³-hybridized carbons (Fsp3) is 0.579. The number of rotatable bonds is 5. The molecule has 23 heavy (non-hydrogen) atoms. The third-order valence-corrected chi connectivity index (χ3v) is 2.96. The molecule has 1 aromatic carbocycles. The molecule has 1 atom stereocenters. The van der Waals surface area contributed by atoms with Crippen molar-refractivity contribution in [2.24, 2.45) is 0 Å². The molecule has 1 fully saturated rings. The van der Waals surface area contributed by atoms with Gasteiger partial charge in [-0.15, -0.1) is 6.58 Å². The van der Waals surface area contributed by atoms with Gasteiger partial charge in [0.1, 0.15) is 5.60 Å². The van der Waals surface area contributed by atoms with E-state index in [-0.39, 0.29) is 5.60 Å². The Morgan fingerprint density at radius 2 is 1.83 bits per heavy atom. The third kappa shape index (κ3) is 11.0. The van der Waals surface area contributed by atoms with Gasteiger partial charge in [-0.25, -0.2) is 0 Å². The van der Waals surface area contributed by atoms with Crippen LogP contribution in [0.5, 0.6) is 0 Å². The number of benzene rings is 1. The summed E-state index contributed by atoms with van der Waals surface area (Å²) in [6.07, 6.45) is 4.00. The standard InChI is InChI=1S/C14H18O2.C3H8O2.C2H6/c1-2-14(9-6-10-16-14)12-15-11-13-7-4-3-5-8-13;1-3(2,4)5;1-2/h2-5,7-8H,1,6,9-12H2;4-5H,1-2H3;1-2H3. The summed E-state index contributed by atoms with van der Waals surface area (Å²) in [6.45, 7) is 12.5. The van der Waals surface area contributed by atoms with Crippen molar-refractivity contribution < 1.29 is 19.7 Å². The van der Waals surface area contributed by atoms with Crippen molar-refractivity contribution in [2.45, 2.75) is 58.5 Å². The van der Waals surface area contributed by atoms with E-state index in [2.05, 4.69) is 18.7 Å². The van der Waals surface area contributed by atoms with E-state index in [1.807, 2.05) is 38.1 Å². The van der Waals surface area contributed by atoms with Gasteiger partial charge in [0.05, 0.1) is 13.2 Å². The van der Waals surface area contributed by atoms with E-state index < -0.39 is 5.79 Å². The van der Waals surface area contributed by atoms with Crippen molar-refractivity contribution in [2.75, 3.05) is 13.2 Å². The fourth-order valence-corrected chi connectivity index (χ4v) is 1.97. The third-order valence-electron chi connectivity index (χ3n) is 2.96. The van der Waals surface area contributed by atoms with Crippen LogP contribution in [0.2, 0.25) is 0 Å². The topological polar surface area (TPSA) is 58.9 Å². The lowest BCUT2D eigenvalue weighted by atomic mass is 10.0. The van der Waals surface area contributed by atoms with Crippen molar-refractivity contribution in [3.8, 4) is 0 Å². The second-order valence-electron chi connectivity index (χ2n) is 5.69. The first kappa shape index (κ1) is 21.8.